The predicted octanol–water partition coefficient (Wildman–Crippen LogP) is 2.46. The molecule has 0 atom stereocenters. The summed E-state index contributed by atoms with van der Waals surface area (Å²) in [4.78, 5) is 0. The van der Waals surface area contributed by atoms with Crippen molar-refractivity contribution >= 4 is 0 Å². The Hall–Kier alpha value is -0.800. The van der Waals surface area contributed by atoms with Crippen LogP contribution >= 0.6 is 0 Å². The summed E-state index contributed by atoms with van der Waals surface area (Å²) < 4.78 is 11.0. The third-order valence-corrected chi connectivity index (χ3v) is 2.45. The molecule has 1 N–H and O–H groups in total. The third-order valence-electron chi connectivity index (χ3n) is 2.45. The van der Waals surface area contributed by atoms with E-state index in [2.05, 4.69) is 12.2 Å². The van der Waals surface area contributed by atoms with Crippen LogP contribution in [0.25, 0.3) is 0 Å². The van der Waals surface area contributed by atoms with Crippen LogP contribution in [0.1, 0.15) is 37.7 Å². The van der Waals surface area contributed by atoms with Crippen molar-refractivity contribution in [1.82, 2.24) is 5.32 Å². The van der Waals surface area contributed by atoms with Crippen molar-refractivity contribution in [2.75, 3.05) is 6.61 Å². The van der Waals surface area contributed by atoms with Crippen molar-refractivity contribution in [3.63, 3.8) is 0 Å². The van der Waals surface area contributed by atoms with Gasteiger partial charge in [0.25, 0.3) is 0 Å². The van der Waals surface area contributed by atoms with E-state index in [4.69, 9.17) is 9.15 Å². The summed E-state index contributed by atoms with van der Waals surface area (Å²) in [6.07, 6.45) is 3.68. The molecule has 0 bridgehead atoms. The molecule has 1 saturated carbocycles. The molecule has 1 aromatic rings. The van der Waals surface area contributed by atoms with E-state index in [1.165, 1.54) is 12.8 Å². The normalized spacial score (nSPS) is 15.8. The fourth-order valence-electron chi connectivity index (χ4n) is 1.44. The fourth-order valence-corrected chi connectivity index (χ4v) is 1.44. The van der Waals surface area contributed by atoms with Crippen LogP contribution in [0.5, 0.6) is 0 Å². The van der Waals surface area contributed by atoms with Gasteiger partial charge in [-0.3, -0.25) is 0 Å². The van der Waals surface area contributed by atoms with Gasteiger partial charge in [-0.15, -0.1) is 0 Å². The molecule has 2 rings (SSSR count). The number of furan rings is 1. The third kappa shape index (κ3) is 3.68. The molecule has 3 nitrogen and oxygen atoms in total. The molecule has 1 aliphatic carbocycles. The maximum absolute atomic E-state index is 5.62. The molecule has 0 unspecified atom stereocenters. The van der Waals surface area contributed by atoms with Gasteiger partial charge >= 0.3 is 0 Å². The summed E-state index contributed by atoms with van der Waals surface area (Å²) in [5.41, 5.74) is 0. The average Bonchev–Trinajstić information content (AvgIpc) is 2.97. The molecule has 84 valence electrons. The van der Waals surface area contributed by atoms with Crippen molar-refractivity contribution in [1.29, 1.82) is 0 Å². The Morgan fingerprint density at radius 1 is 1.40 bits per heavy atom. The fraction of sp³-hybridized carbons (Fsp3) is 0.667. The Labute approximate surface area is 90.8 Å². The second kappa shape index (κ2) is 5.33. The lowest BCUT2D eigenvalue weighted by Crippen LogP contribution is -2.14. The minimum Gasteiger partial charge on any atom is -0.462 e. The Bertz CT molecular complexity index is 292. The predicted molar refractivity (Wildman–Crippen MR) is 58.5 cm³/mol. The number of hydrogen-bond donors (Lipinski definition) is 1. The Morgan fingerprint density at radius 3 is 2.93 bits per heavy atom. The maximum Gasteiger partial charge on any atom is 0.129 e. The topological polar surface area (TPSA) is 34.4 Å². The van der Waals surface area contributed by atoms with Gasteiger partial charge in [0.1, 0.15) is 18.1 Å². The second-order valence-corrected chi connectivity index (χ2v) is 4.08. The molecule has 1 fully saturated rings. The lowest BCUT2D eigenvalue weighted by Gasteiger charge is -2.00. The monoisotopic (exact) mass is 209 g/mol. The molecule has 3 heteroatoms. The van der Waals surface area contributed by atoms with Crippen LogP contribution in [-0.2, 0) is 17.9 Å². The zero-order chi connectivity index (χ0) is 10.5. The Morgan fingerprint density at radius 2 is 2.20 bits per heavy atom. The van der Waals surface area contributed by atoms with Crippen LogP contribution in [0.3, 0.4) is 0 Å². The maximum atomic E-state index is 5.62. The van der Waals surface area contributed by atoms with Crippen LogP contribution in [0, 0.1) is 0 Å². The first-order valence-electron chi connectivity index (χ1n) is 5.77. The molecular weight excluding hydrogens is 190 g/mol. The van der Waals surface area contributed by atoms with Gasteiger partial charge in [0.2, 0.25) is 0 Å². The van der Waals surface area contributed by atoms with Gasteiger partial charge in [-0.25, -0.2) is 0 Å². The quantitative estimate of drug-likeness (QED) is 0.700. The van der Waals surface area contributed by atoms with Crippen molar-refractivity contribution in [3.05, 3.63) is 23.7 Å². The summed E-state index contributed by atoms with van der Waals surface area (Å²) >= 11 is 0. The van der Waals surface area contributed by atoms with Crippen LogP contribution in [-0.4, -0.2) is 12.6 Å². The molecule has 15 heavy (non-hydrogen) atoms. The van der Waals surface area contributed by atoms with Crippen LogP contribution < -0.4 is 5.32 Å². The van der Waals surface area contributed by atoms with Crippen LogP contribution in [0.4, 0.5) is 0 Å². The van der Waals surface area contributed by atoms with Crippen LogP contribution in [0.15, 0.2) is 16.5 Å². The zero-order valence-electron chi connectivity index (χ0n) is 9.29. The van der Waals surface area contributed by atoms with E-state index in [0.29, 0.717) is 6.61 Å². The summed E-state index contributed by atoms with van der Waals surface area (Å²) in [5, 5.41) is 3.42. The van der Waals surface area contributed by atoms with Crippen molar-refractivity contribution in [2.45, 2.75) is 45.4 Å². The molecular formula is C12H19NO2. The number of hydrogen-bond acceptors (Lipinski definition) is 3. The molecule has 0 saturated heterocycles. The molecule has 0 amide bonds. The minimum atomic E-state index is 0.595. The molecule has 1 aliphatic rings. The molecule has 0 aromatic carbocycles. The molecule has 0 spiro atoms. The number of nitrogens with one attached hydrogen (secondary N) is 1. The van der Waals surface area contributed by atoms with E-state index in [9.17, 15) is 0 Å². The van der Waals surface area contributed by atoms with Gasteiger partial charge in [-0.1, -0.05) is 6.92 Å². The summed E-state index contributed by atoms with van der Waals surface area (Å²) in [7, 11) is 0. The average molecular weight is 209 g/mol. The first-order chi connectivity index (χ1) is 7.38. The van der Waals surface area contributed by atoms with Crippen molar-refractivity contribution < 1.29 is 9.15 Å². The van der Waals surface area contributed by atoms with E-state index >= 15 is 0 Å². The SMILES string of the molecule is CCCOCc1ccc(CNC2CC2)o1. The zero-order valence-corrected chi connectivity index (χ0v) is 9.29. The number of rotatable bonds is 7. The number of ether oxygens (including phenoxy) is 1. The Kier molecular flexibility index (Phi) is 3.80. The highest BCUT2D eigenvalue weighted by Crippen LogP contribution is 2.19. The van der Waals surface area contributed by atoms with Gasteiger partial charge in [0.05, 0.1) is 6.54 Å². The van der Waals surface area contributed by atoms with E-state index in [0.717, 1.165) is 37.1 Å². The summed E-state index contributed by atoms with van der Waals surface area (Å²) in [6.45, 7) is 4.35. The highest BCUT2D eigenvalue weighted by Gasteiger charge is 2.20. The summed E-state index contributed by atoms with van der Waals surface area (Å²) in [5.74, 6) is 1.94. The summed E-state index contributed by atoms with van der Waals surface area (Å²) in [6, 6.07) is 4.76. The second-order valence-electron chi connectivity index (χ2n) is 4.08. The minimum absolute atomic E-state index is 0.595. The lowest BCUT2D eigenvalue weighted by atomic mass is 10.4. The van der Waals surface area contributed by atoms with Gasteiger partial charge in [0.15, 0.2) is 0 Å². The van der Waals surface area contributed by atoms with E-state index in [1.807, 2.05) is 12.1 Å². The largest absolute Gasteiger partial charge is 0.462 e. The van der Waals surface area contributed by atoms with Gasteiger partial charge < -0.3 is 14.5 Å². The van der Waals surface area contributed by atoms with E-state index < -0.39 is 0 Å². The van der Waals surface area contributed by atoms with Gasteiger partial charge in [-0.05, 0) is 31.4 Å². The first kappa shape index (κ1) is 10.7. The smallest absolute Gasteiger partial charge is 0.129 e. The van der Waals surface area contributed by atoms with E-state index in [-0.39, 0.29) is 0 Å². The molecule has 1 heterocycles. The van der Waals surface area contributed by atoms with E-state index in [1.54, 1.807) is 0 Å². The van der Waals surface area contributed by atoms with Crippen molar-refractivity contribution in [2.24, 2.45) is 0 Å². The van der Waals surface area contributed by atoms with Gasteiger partial charge in [0, 0.05) is 12.6 Å². The lowest BCUT2D eigenvalue weighted by molar-refractivity contribution is 0.106. The Balaban J connectivity index is 1.70. The molecule has 1 aromatic heterocycles. The van der Waals surface area contributed by atoms with Crippen LogP contribution in [0.2, 0.25) is 0 Å². The van der Waals surface area contributed by atoms with Gasteiger partial charge in [-0.2, -0.15) is 0 Å². The highest BCUT2D eigenvalue weighted by atomic mass is 16.5. The molecule has 0 radical (unpaired) electrons. The molecule has 0 aliphatic heterocycles. The highest BCUT2D eigenvalue weighted by molar-refractivity contribution is 5.06. The van der Waals surface area contributed by atoms with Crippen molar-refractivity contribution in [3.8, 4) is 0 Å². The standard InChI is InChI=1S/C12H19NO2/c1-2-7-14-9-12-6-5-11(15-12)8-13-10-3-4-10/h5-6,10,13H,2-4,7-9H2,1H3. The first-order valence-corrected chi connectivity index (χ1v) is 5.77.